The van der Waals surface area contributed by atoms with Crippen molar-refractivity contribution in [3.8, 4) is 0 Å². The molecule has 1 aromatic carbocycles. The lowest BCUT2D eigenvalue weighted by Gasteiger charge is -2.26. The fraction of sp³-hybridized carbons (Fsp3) is 0.462. The van der Waals surface area contributed by atoms with E-state index in [-0.39, 0.29) is 5.91 Å². The van der Waals surface area contributed by atoms with Crippen LogP contribution in [0, 0.1) is 6.92 Å². The zero-order valence-electron chi connectivity index (χ0n) is 10.8. The second kappa shape index (κ2) is 6.70. The lowest BCUT2D eigenvalue weighted by Crippen LogP contribution is -2.46. The van der Waals surface area contributed by atoms with Gasteiger partial charge in [0.25, 0.3) is 0 Å². The number of nitrogens with one attached hydrogen (secondary N) is 2. The minimum atomic E-state index is -0.0116. The maximum Gasteiger partial charge on any atom is 0.238 e. The molecule has 1 fully saturated rings. The molecule has 0 aromatic heterocycles. The Morgan fingerprint density at radius 2 is 2.16 bits per heavy atom. The summed E-state index contributed by atoms with van der Waals surface area (Å²) < 4.78 is 0.850. The second-order valence-corrected chi connectivity index (χ2v) is 5.92. The Morgan fingerprint density at radius 1 is 1.47 bits per heavy atom. The van der Waals surface area contributed by atoms with Gasteiger partial charge in [0.1, 0.15) is 0 Å². The molecule has 0 bridgehead atoms. The summed E-state index contributed by atoms with van der Waals surface area (Å²) in [5.74, 6) is -0.0116. The van der Waals surface area contributed by atoms with Gasteiger partial charge in [0.15, 0.2) is 0 Å². The van der Waals surface area contributed by atoms with Crippen LogP contribution in [0.4, 0.5) is 5.69 Å². The largest absolute Gasteiger partial charge is 0.324 e. The van der Waals surface area contributed by atoms with E-state index >= 15 is 0 Å². The van der Waals surface area contributed by atoms with E-state index in [0.29, 0.717) is 11.6 Å². The number of carbonyl (C=O) groups excluding carboxylic acids is 1. The smallest absolute Gasteiger partial charge is 0.238 e. The maximum absolute atomic E-state index is 12.0. The molecule has 0 aliphatic carbocycles. The first-order valence-electron chi connectivity index (χ1n) is 6.25. The van der Waals surface area contributed by atoms with Crippen molar-refractivity contribution in [2.45, 2.75) is 6.92 Å². The van der Waals surface area contributed by atoms with Crippen LogP contribution < -0.4 is 10.6 Å². The molecule has 0 saturated carbocycles. The van der Waals surface area contributed by atoms with Gasteiger partial charge in [0.2, 0.25) is 5.91 Å². The van der Waals surface area contributed by atoms with E-state index in [4.69, 9.17) is 11.6 Å². The first kappa shape index (κ1) is 14.8. The van der Waals surface area contributed by atoms with Crippen LogP contribution in [0.25, 0.3) is 0 Å². The van der Waals surface area contributed by atoms with Crippen LogP contribution in [0.15, 0.2) is 16.6 Å². The zero-order valence-corrected chi connectivity index (χ0v) is 13.1. The highest BCUT2D eigenvalue weighted by Gasteiger charge is 2.14. The van der Waals surface area contributed by atoms with Crippen molar-refractivity contribution in [2.75, 3.05) is 38.0 Å². The molecule has 2 N–H and O–H groups in total. The first-order chi connectivity index (χ1) is 9.06. The van der Waals surface area contributed by atoms with Crippen LogP contribution >= 0.6 is 27.5 Å². The number of rotatable bonds is 3. The molecule has 1 heterocycles. The van der Waals surface area contributed by atoms with Gasteiger partial charge in [0, 0.05) is 35.7 Å². The Morgan fingerprint density at radius 3 is 2.84 bits per heavy atom. The third kappa shape index (κ3) is 4.18. The number of nitrogens with zero attached hydrogens (tertiary/aromatic N) is 1. The molecule has 2 rings (SSSR count). The van der Waals surface area contributed by atoms with Gasteiger partial charge < -0.3 is 10.6 Å². The van der Waals surface area contributed by atoms with Crippen molar-refractivity contribution in [1.82, 2.24) is 10.2 Å². The first-order valence-corrected chi connectivity index (χ1v) is 7.42. The molecule has 1 amide bonds. The Bertz CT molecular complexity index is 475. The molecule has 0 atom stereocenters. The fourth-order valence-corrected chi connectivity index (χ4v) is 2.72. The van der Waals surface area contributed by atoms with Gasteiger partial charge in [-0.05, 0) is 40.5 Å². The summed E-state index contributed by atoms with van der Waals surface area (Å²) in [5, 5.41) is 6.81. The molecular formula is C13H17BrClN3O. The van der Waals surface area contributed by atoms with E-state index in [1.165, 1.54) is 0 Å². The molecule has 1 aliphatic rings. The predicted molar refractivity (Wildman–Crippen MR) is 81.8 cm³/mol. The van der Waals surface area contributed by atoms with Gasteiger partial charge in [0.05, 0.1) is 12.2 Å². The van der Waals surface area contributed by atoms with Gasteiger partial charge in [-0.15, -0.1) is 0 Å². The lowest BCUT2D eigenvalue weighted by molar-refractivity contribution is -0.117. The second-order valence-electron chi connectivity index (χ2n) is 4.66. The Balaban J connectivity index is 1.96. The average Bonchev–Trinajstić information content (AvgIpc) is 2.37. The Labute approximate surface area is 126 Å². The molecule has 4 nitrogen and oxygen atoms in total. The van der Waals surface area contributed by atoms with E-state index in [1.807, 2.05) is 13.0 Å². The molecule has 1 aromatic rings. The Kier molecular flexibility index (Phi) is 5.21. The molecule has 0 unspecified atom stereocenters. The van der Waals surface area contributed by atoms with Crippen LogP contribution in [-0.4, -0.2) is 43.5 Å². The highest BCUT2D eigenvalue weighted by Crippen LogP contribution is 2.29. The van der Waals surface area contributed by atoms with Crippen LogP contribution in [0.1, 0.15) is 5.56 Å². The highest BCUT2D eigenvalue weighted by molar-refractivity contribution is 9.10. The van der Waals surface area contributed by atoms with Crippen LogP contribution in [0.5, 0.6) is 0 Å². The highest BCUT2D eigenvalue weighted by atomic mass is 79.9. The van der Waals surface area contributed by atoms with Gasteiger partial charge in [-0.25, -0.2) is 0 Å². The van der Waals surface area contributed by atoms with Gasteiger partial charge in [-0.1, -0.05) is 11.6 Å². The predicted octanol–water partition coefficient (Wildman–Crippen LogP) is 2.25. The number of amides is 1. The summed E-state index contributed by atoms with van der Waals surface area (Å²) in [5.41, 5.74) is 1.70. The zero-order chi connectivity index (χ0) is 13.8. The van der Waals surface area contributed by atoms with Crippen molar-refractivity contribution in [3.05, 3.63) is 27.2 Å². The molecule has 1 saturated heterocycles. The monoisotopic (exact) mass is 345 g/mol. The van der Waals surface area contributed by atoms with E-state index in [9.17, 15) is 4.79 Å². The average molecular weight is 347 g/mol. The lowest BCUT2D eigenvalue weighted by atomic mass is 10.2. The number of anilines is 1. The minimum Gasteiger partial charge on any atom is -0.324 e. The maximum atomic E-state index is 12.0. The number of hydrogen-bond donors (Lipinski definition) is 2. The molecule has 6 heteroatoms. The van der Waals surface area contributed by atoms with Gasteiger partial charge in [-0.3, -0.25) is 9.69 Å². The minimum absolute atomic E-state index is 0.0116. The summed E-state index contributed by atoms with van der Waals surface area (Å²) in [6.07, 6.45) is 0. The SMILES string of the molecule is Cc1cc(Br)c(NC(=O)CN2CCNCC2)cc1Cl. The van der Waals surface area contributed by atoms with Gasteiger partial charge in [-0.2, -0.15) is 0 Å². The van der Waals surface area contributed by atoms with Crippen LogP contribution in [0.3, 0.4) is 0 Å². The van der Waals surface area contributed by atoms with Crippen molar-refractivity contribution >= 4 is 39.1 Å². The number of aryl methyl sites for hydroxylation is 1. The van der Waals surface area contributed by atoms with E-state index < -0.39 is 0 Å². The summed E-state index contributed by atoms with van der Waals surface area (Å²) in [7, 11) is 0. The molecule has 1 aliphatic heterocycles. The summed E-state index contributed by atoms with van der Waals surface area (Å²) in [6, 6.07) is 3.68. The summed E-state index contributed by atoms with van der Waals surface area (Å²) in [6.45, 7) is 6.03. The number of piperazine rings is 1. The van der Waals surface area contributed by atoms with E-state index in [2.05, 4.69) is 31.5 Å². The number of hydrogen-bond acceptors (Lipinski definition) is 3. The van der Waals surface area contributed by atoms with Crippen molar-refractivity contribution in [3.63, 3.8) is 0 Å². The van der Waals surface area contributed by atoms with E-state index in [1.54, 1.807) is 6.07 Å². The summed E-state index contributed by atoms with van der Waals surface area (Å²) >= 11 is 9.51. The van der Waals surface area contributed by atoms with Gasteiger partial charge >= 0.3 is 0 Å². The van der Waals surface area contributed by atoms with Crippen molar-refractivity contribution in [1.29, 1.82) is 0 Å². The van der Waals surface area contributed by atoms with Crippen LogP contribution in [0.2, 0.25) is 5.02 Å². The van der Waals surface area contributed by atoms with Crippen molar-refractivity contribution in [2.24, 2.45) is 0 Å². The van der Waals surface area contributed by atoms with Crippen LogP contribution in [-0.2, 0) is 4.79 Å². The molecule has 0 radical (unpaired) electrons. The standard InChI is InChI=1S/C13H17BrClN3O/c1-9-6-10(14)12(7-11(9)15)17-13(19)8-18-4-2-16-3-5-18/h6-7,16H,2-5,8H2,1H3,(H,17,19). The quantitative estimate of drug-likeness (QED) is 0.882. The number of halogens is 2. The Hall–Kier alpha value is -0.620. The van der Waals surface area contributed by atoms with Crippen molar-refractivity contribution < 1.29 is 4.79 Å². The number of carbonyl (C=O) groups is 1. The molecule has 0 spiro atoms. The molecule has 104 valence electrons. The van der Waals surface area contributed by atoms with E-state index in [0.717, 1.165) is 41.9 Å². The third-order valence-corrected chi connectivity index (χ3v) is 4.16. The normalized spacial score (nSPS) is 16.4. The third-order valence-electron chi connectivity index (χ3n) is 3.10. The number of benzene rings is 1. The summed E-state index contributed by atoms with van der Waals surface area (Å²) in [4.78, 5) is 14.1. The topological polar surface area (TPSA) is 44.4 Å². The molecule has 19 heavy (non-hydrogen) atoms. The fourth-order valence-electron chi connectivity index (χ4n) is 2.00. The molecular weight excluding hydrogens is 330 g/mol.